The van der Waals surface area contributed by atoms with Gasteiger partial charge in [0.25, 0.3) is 0 Å². The molecule has 0 aliphatic heterocycles. The summed E-state index contributed by atoms with van der Waals surface area (Å²) in [5.41, 5.74) is 1.28. The second-order valence-electron chi connectivity index (χ2n) is 4.27. The third kappa shape index (κ3) is 3.14. The van der Waals surface area contributed by atoms with Gasteiger partial charge in [0.1, 0.15) is 5.78 Å². The summed E-state index contributed by atoms with van der Waals surface area (Å²) in [5.74, 6) is 0.232. The fourth-order valence-electron chi connectivity index (χ4n) is 1.93. The zero-order valence-electron chi connectivity index (χ0n) is 10.1. The largest absolute Gasteiger partial charge is 0.312 e. The van der Waals surface area contributed by atoms with E-state index < -0.39 is 0 Å². The topological polar surface area (TPSA) is 29.1 Å². The molecule has 0 aromatic heterocycles. The molecule has 88 valence electrons. The molecule has 0 fully saturated rings. The lowest BCUT2D eigenvalue weighted by Crippen LogP contribution is -2.16. The van der Waals surface area contributed by atoms with Crippen LogP contribution in [0.25, 0.3) is 10.8 Å². The van der Waals surface area contributed by atoms with E-state index in [2.05, 4.69) is 47.8 Å². The third-order valence-corrected chi connectivity index (χ3v) is 2.85. The van der Waals surface area contributed by atoms with Crippen LogP contribution in [-0.2, 0) is 11.3 Å². The number of ketones is 1. The smallest absolute Gasteiger partial charge is 0.131 e. The number of hydrogen-bond acceptors (Lipinski definition) is 2. The maximum Gasteiger partial charge on any atom is 0.131 e. The summed E-state index contributed by atoms with van der Waals surface area (Å²) >= 11 is 0. The second-order valence-corrected chi connectivity index (χ2v) is 4.27. The predicted octanol–water partition coefficient (Wildman–Crippen LogP) is 2.91. The molecule has 0 spiro atoms. The number of fused-ring (bicyclic) bond motifs is 1. The zero-order valence-corrected chi connectivity index (χ0v) is 10.1. The molecule has 0 heterocycles. The molecule has 2 nitrogen and oxygen atoms in total. The Hall–Kier alpha value is -1.67. The predicted molar refractivity (Wildman–Crippen MR) is 71.0 cm³/mol. The average molecular weight is 227 g/mol. The van der Waals surface area contributed by atoms with Crippen LogP contribution < -0.4 is 5.32 Å². The third-order valence-electron chi connectivity index (χ3n) is 2.85. The standard InChI is InChI=1S/C15H17NO/c1-12(17)9-10-16-11-14-7-4-6-13-5-2-3-8-15(13)14/h2-8,16H,9-11H2,1H3. The highest BCUT2D eigenvalue weighted by Crippen LogP contribution is 2.17. The van der Waals surface area contributed by atoms with E-state index >= 15 is 0 Å². The maximum absolute atomic E-state index is 10.8. The molecule has 0 saturated carbocycles. The van der Waals surface area contributed by atoms with Crippen molar-refractivity contribution in [3.05, 3.63) is 48.0 Å². The van der Waals surface area contributed by atoms with Gasteiger partial charge in [0.2, 0.25) is 0 Å². The molecular formula is C15H17NO. The first-order valence-electron chi connectivity index (χ1n) is 5.94. The average Bonchev–Trinajstić information content (AvgIpc) is 2.34. The molecule has 2 aromatic rings. The number of carbonyl (C=O) groups is 1. The van der Waals surface area contributed by atoms with Gasteiger partial charge in [0.05, 0.1) is 0 Å². The van der Waals surface area contributed by atoms with Gasteiger partial charge < -0.3 is 5.32 Å². The summed E-state index contributed by atoms with van der Waals surface area (Å²) in [6.45, 7) is 3.19. The highest BCUT2D eigenvalue weighted by Gasteiger charge is 1.99. The Bertz CT molecular complexity index is 514. The number of benzene rings is 2. The van der Waals surface area contributed by atoms with Crippen molar-refractivity contribution in [1.82, 2.24) is 5.32 Å². The Morgan fingerprint density at radius 1 is 1.12 bits per heavy atom. The normalized spacial score (nSPS) is 10.6. The van der Waals surface area contributed by atoms with E-state index in [9.17, 15) is 4.79 Å². The number of hydrogen-bond donors (Lipinski definition) is 1. The molecular weight excluding hydrogens is 210 g/mol. The minimum absolute atomic E-state index is 0.232. The minimum Gasteiger partial charge on any atom is -0.312 e. The van der Waals surface area contributed by atoms with Crippen molar-refractivity contribution in [3.8, 4) is 0 Å². The summed E-state index contributed by atoms with van der Waals surface area (Å²) < 4.78 is 0. The number of nitrogens with one attached hydrogen (secondary N) is 1. The Morgan fingerprint density at radius 3 is 2.71 bits per heavy atom. The number of rotatable bonds is 5. The summed E-state index contributed by atoms with van der Waals surface area (Å²) in [4.78, 5) is 10.8. The first-order valence-corrected chi connectivity index (χ1v) is 5.94. The number of carbonyl (C=O) groups excluding carboxylic acids is 1. The molecule has 0 atom stereocenters. The first-order chi connectivity index (χ1) is 8.27. The van der Waals surface area contributed by atoms with E-state index in [1.54, 1.807) is 6.92 Å². The SMILES string of the molecule is CC(=O)CCNCc1cccc2ccccc12. The molecule has 17 heavy (non-hydrogen) atoms. The van der Waals surface area contributed by atoms with Crippen LogP contribution in [0.15, 0.2) is 42.5 Å². The lowest BCUT2D eigenvalue weighted by Gasteiger charge is -2.07. The molecule has 2 aromatic carbocycles. The Kier molecular flexibility index (Phi) is 3.89. The van der Waals surface area contributed by atoms with Crippen LogP contribution in [0.4, 0.5) is 0 Å². The van der Waals surface area contributed by atoms with E-state index in [1.807, 2.05) is 0 Å². The van der Waals surface area contributed by atoms with Gasteiger partial charge >= 0.3 is 0 Å². The van der Waals surface area contributed by atoms with Gasteiger partial charge in [-0.05, 0) is 23.3 Å². The van der Waals surface area contributed by atoms with Crippen LogP contribution in [-0.4, -0.2) is 12.3 Å². The van der Waals surface area contributed by atoms with Crippen molar-refractivity contribution in [2.75, 3.05) is 6.54 Å². The highest BCUT2D eigenvalue weighted by atomic mass is 16.1. The fourth-order valence-corrected chi connectivity index (χ4v) is 1.93. The van der Waals surface area contributed by atoms with Crippen molar-refractivity contribution in [2.24, 2.45) is 0 Å². The molecule has 0 bridgehead atoms. The molecule has 0 saturated heterocycles. The molecule has 0 unspecified atom stereocenters. The molecule has 0 aliphatic rings. The molecule has 2 rings (SSSR count). The molecule has 1 N–H and O–H groups in total. The van der Waals surface area contributed by atoms with Crippen molar-refractivity contribution in [2.45, 2.75) is 19.9 Å². The van der Waals surface area contributed by atoms with Gasteiger partial charge in [0.15, 0.2) is 0 Å². The van der Waals surface area contributed by atoms with Gasteiger partial charge in [-0.3, -0.25) is 4.79 Å². The lowest BCUT2D eigenvalue weighted by atomic mass is 10.0. The molecule has 0 aliphatic carbocycles. The zero-order chi connectivity index (χ0) is 12.1. The Labute approximate surface area is 102 Å². The van der Waals surface area contributed by atoms with Crippen LogP contribution in [0.5, 0.6) is 0 Å². The maximum atomic E-state index is 10.8. The van der Waals surface area contributed by atoms with Gasteiger partial charge in [-0.1, -0.05) is 42.5 Å². The van der Waals surface area contributed by atoms with Crippen molar-refractivity contribution >= 4 is 16.6 Å². The van der Waals surface area contributed by atoms with Crippen molar-refractivity contribution < 1.29 is 4.79 Å². The van der Waals surface area contributed by atoms with E-state index in [0.717, 1.165) is 13.1 Å². The van der Waals surface area contributed by atoms with Crippen molar-refractivity contribution in [3.63, 3.8) is 0 Å². The van der Waals surface area contributed by atoms with Gasteiger partial charge in [-0.2, -0.15) is 0 Å². The molecule has 2 heteroatoms. The van der Waals surface area contributed by atoms with Crippen LogP contribution in [0.3, 0.4) is 0 Å². The van der Waals surface area contributed by atoms with Crippen LogP contribution >= 0.6 is 0 Å². The van der Waals surface area contributed by atoms with E-state index in [4.69, 9.17) is 0 Å². The van der Waals surface area contributed by atoms with Crippen LogP contribution in [0, 0.1) is 0 Å². The van der Waals surface area contributed by atoms with E-state index in [0.29, 0.717) is 6.42 Å². The van der Waals surface area contributed by atoms with E-state index in [-0.39, 0.29) is 5.78 Å². The van der Waals surface area contributed by atoms with E-state index in [1.165, 1.54) is 16.3 Å². The van der Waals surface area contributed by atoms with Crippen LogP contribution in [0.2, 0.25) is 0 Å². The summed E-state index contributed by atoms with van der Waals surface area (Å²) in [7, 11) is 0. The monoisotopic (exact) mass is 227 g/mol. The van der Waals surface area contributed by atoms with Gasteiger partial charge in [-0.15, -0.1) is 0 Å². The summed E-state index contributed by atoms with van der Waals surface area (Å²) in [5, 5.41) is 5.85. The summed E-state index contributed by atoms with van der Waals surface area (Å²) in [6.07, 6.45) is 0.602. The fraction of sp³-hybridized carbons (Fsp3) is 0.267. The molecule has 0 amide bonds. The van der Waals surface area contributed by atoms with Gasteiger partial charge in [0, 0.05) is 19.5 Å². The second kappa shape index (κ2) is 5.60. The summed E-state index contributed by atoms with van der Waals surface area (Å²) in [6, 6.07) is 14.7. The quantitative estimate of drug-likeness (QED) is 0.796. The first kappa shape index (κ1) is 11.8. The van der Waals surface area contributed by atoms with Crippen LogP contribution in [0.1, 0.15) is 18.9 Å². The Balaban J connectivity index is 2.05. The minimum atomic E-state index is 0.232. The van der Waals surface area contributed by atoms with Gasteiger partial charge in [-0.25, -0.2) is 0 Å². The highest BCUT2D eigenvalue weighted by molar-refractivity contribution is 5.85. The molecule has 0 radical (unpaired) electrons. The number of Topliss-reactive ketones (excluding diaryl/α,β-unsaturated/α-hetero) is 1. The lowest BCUT2D eigenvalue weighted by molar-refractivity contribution is -0.116. The van der Waals surface area contributed by atoms with Crippen molar-refractivity contribution in [1.29, 1.82) is 0 Å². The Morgan fingerprint density at radius 2 is 1.88 bits per heavy atom.